The molecule has 3 aliphatic carbocycles. The number of phenolic OH excluding ortho intramolecular Hbond substituents is 1. The maximum Gasteiger partial charge on any atom is 0.255 e. The van der Waals surface area contributed by atoms with Crippen LogP contribution in [0, 0.1) is 17.8 Å². The van der Waals surface area contributed by atoms with Crippen molar-refractivity contribution in [3.05, 3.63) is 46.2 Å². The summed E-state index contributed by atoms with van der Waals surface area (Å²) in [5, 5.41) is 42.5. The summed E-state index contributed by atoms with van der Waals surface area (Å²) < 4.78 is 0. The predicted octanol–water partition coefficient (Wildman–Crippen LogP) is 0.670. The number of Topliss-reactive ketones (excluding diaryl/α,β-unsaturated/α-hetero) is 2. The molecule has 146 valence electrons. The molecule has 0 saturated heterocycles. The lowest BCUT2D eigenvalue weighted by Crippen LogP contribution is -2.60. The van der Waals surface area contributed by atoms with E-state index in [2.05, 4.69) is 0 Å². The molecule has 1 amide bonds. The average molecular weight is 385 g/mol. The van der Waals surface area contributed by atoms with Gasteiger partial charge in [0.05, 0.1) is 5.56 Å². The van der Waals surface area contributed by atoms with Gasteiger partial charge in [0.1, 0.15) is 22.8 Å². The summed E-state index contributed by atoms with van der Waals surface area (Å²) in [5.74, 6) is -7.12. The predicted molar refractivity (Wildman–Crippen MR) is 95.9 cm³/mol. The van der Waals surface area contributed by atoms with Crippen LogP contribution in [-0.4, -0.2) is 43.5 Å². The molecule has 3 aliphatic rings. The van der Waals surface area contributed by atoms with Crippen LogP contribution in [0.1, 0.15) is 24.5 Å². The summed E-state index contributed by atoms with van der Waals surface area (Å²) in [5.41, 5.74) is 2.45. The molecular formula is C20H19NO7. The van der Waals surface area contributed by atoms with E-state index in [1.54, 1.807) is 12.1 Å². The highest BCUT2D eigenvalue weighted by atomic mass is 16.3. The van der Waals surface area contributed by atoms with Crippen molar-refractivity contribution >= 4 is 23.2 Å². The quantitative estimate of drug-likeness (QED) is 0.444. The van der Waals surface area contributed by atoms with Crippen LogP contribution in [0.25, 0.3) is 5.76 Å². The largest absolute Gasteiger partial charge is 0.508 e. The number of aromatic hydroxyl groups is 1. The van der Waals surface area contributed by atoms with Gasteiger partial charge in [0.25, 0.3) is 5.91 Å². The van der Waals surface area contributed by atoms with Crippen molar-refractivity contribution in [2.75, 3.05) is 0 Å². The number of rotatable bonds is 1. The van der Waals surface area contributed by atoms with E-state index in [1.807, 2.05) is 0 Å². The van der Waals surface area contributed by atoms with Gasteiger partial charge in [-0.3, -0.25) is 14.4 Å². The number of primary amides is 1. The minimum Gasteiger partial charge on any atom is -0.508 e. The number of aliphatic hydroxyl groups excluding tert-OH is 2. The molecule has 6 N–H and O–H groups in total. The van der Waals surface area contributed by atoms with Gasteiger partial charge in [0, 0.05) is 17.4 Å². The van der Waals surface area contributed by atoms with Crippen LogP contribution < -0.4 is 5.73 Å². The van der Waals surface area contributed by atoms with E-state index in [0.717, 1.165) is 0 Å². The summed E-state index contributed by atoms with van der Waals surface area (Å²) in [4.78, 5) is 37.4. The number of aliphatic hydroxyl groups is 3. The number of nitrogens with two attached hydrogens (primary N) is 1. The second-order valence-electron chi connectivity index (χ2n) is 7.65. The van der Waals surface area contributed by atoms with Crippen molar-refractivity contribution in [3.8, 4) is 5.75 Å². The molecule has 1 saturated carbocycles. The van der Waals surface area contributed by atoms with Gasteiger partial charge in [0.15, 0.2) is 11.4 Å². The number of phenols is 1. The van der Waals surface area contributed by atoms with Crippen molar-refractivity contribution in [2.45, 2.75) is 25.4 Å². The summed E-state index contributed by atoms with van der Waals surface area (Å²) in [6.07, 6.45) is 0.440. The lowest BCUT2D eigenvalue weighted by Gasteiger charge is -2.48. The van der Waals surface area contributed by atoms with Gasteiger partial charge >= 0.3 is 0 Å². The topological polar surface area (TPSA) is 158 Å². The zero-order valence-electron chi connectivity index (χ0n) is 15.0. The maximum atomic E-state index is 13.3. The monoisotopic (exact) mass is 385 g/mol. The zero-order valence-corrected chi connectivity index (χ0v) is 15.0. The molecule has 4 unspecified atom stereocenters. The number of fused-ring (bicyclic) bond motifs is 3. The summed E-state index contributed by atoms with van der Waals surface area (Å²) in [7, 11) is 0. The molecule has 0 aliphatic heterocycles. The van der Waals surface area contributed by atoms with Crippen molar-refractivity contribution in [1.82, 2.24) is 0 Å². The molecule has 1 aromatic rings. The molecule has 8 nitrogen and oxygen atoms in total. The Labute approximate surface area is 159 Å². The number of benzene rings is 1. The highest BCUT2D eigenvalue weighted by molar-refractivity contribution is 6.23. The summed E-state index contributed by atoms with van der Waals surface area (Å²) >= 11 is 0. The first-order valence-corrected chi connectivity index (χ1v) is 8.89. The van der Waals surface area contributed by atoms with E-state index in [0.29, 0.717) is 12.0 Å². The van der Waals surface area contributed by atoms with Gasteiger partial charge in [-0.15, -0.1) is 0 Å². The first kappa shape index (κ1) is 18.2. The van der Waals surface area contributed by atoms with Crippen molar-refractivity contribution < 1.29 is 34.8 Å². The molecule has 0 bridgehead atoms. The van der Waals surface area contributed by atoms with Crippen molar-refractivity contribution in [1.29, 1.82) is 0 Å². The lowest BCUT2D eigenvalue weighted by atomic mass is 9.56. The minimum absolute atomic E-state index is 0.0997. The number of carbonyl (C=O) groups is 3. The molecule has 0 aromatic heterocycles. The van der Waals surface area contributed by atoms with Crippen LogP contribution in [-0.2, 0) is 20.8 Å². The first-order chi connectivity index (χ1) is 13.1. The minimum atomic E-state index is -2.54. The molecular weight excluding hydrogens is 366 g/mol. The SMILES string of the molecule is CC1C(=O)C(C(N)=O)=C(O)C2(O)C(=O)C3=C(O)c4c(O)cccc4CC3CC12. The fraction of sp³-hybridized carbons (Fsp3) is 0.350. The van der Waals surface area contributed by atoms with E-state index in [9.17, 15) is 34.8 Å². The number of carbonyl (C=O) groups excluding carboxylic acids is 3. The molecule has 0 spiro atoms. The Bertz CT molecular complexity index is 1020. The highest BCUT2D eigenvalue weighted by Gasteiger charge is 2.62. The maximum absolute atomic E-state index is 13.3. The summed E-state index contributed by atoms with van der Waals surface area (Å²) in [6.45, 7) is 1.47. The van der Waals surface area contributed by atoms with Gasteiger partial charge in [-0.1, -0.05) is 19.1 Å². The van der Waals surface area contributed by atoms with Gasteiger partial charge < -0.3 is 26.2 Å². The van der Waals surface area contributed by atoms with Gasteiger partial charge in [-0.2, -0.15) is 0 Å². The normalized spacial score (nSPS) is 32.0. The third kappa shape index (κ3) is 2.06. The van der Waals surface area contributed by atoms with Crippen molar-refractivity contribution in [2.24, 2.45) is 23.5 Å². The van der Waals surface area contributed by atoms with E-state index >= 15 is 0 Å². The molecule has 4 rings (SSSR count). The Hall–Kier alpha value is -3.13. The van der Waals surface area contributed by atoms with Crippen LogP contribution in [0.5, 0.6) is 5.75 Å². The molecule has 0 heterocycles. The van der Waals surface area contributed by atoms with Gasteiger partial charge in [-0.05, 0) is 30.4 Å². The number of ketones is 2. The van der Waals surface area contributed by atoms with Crippen LogP contribution in [0.4, 0.5) is 0 Å². The molecule has 0 radical (unpaired) electrons. The number of hydrogen-bond donors (Lipinski definition) is 5. The van der Waals surface area contributed by atoms with Gasteiger partial charge in [0.2, 0.25) is 5.78 Å². The second-order valence-corrected chi connectivity index (χ2v) is 7.65. The summed E-state index contributed by atoms with van der Waals surface area (Å²) in [6, 6.07) is 4.70. The fourth-order valence-corrected chi connectivity index (χ4v) is 4.88. The van der Waals surface area contributed by atoms with Crippen LogP contribution in [0.3, 0.4) is 0 Å². The molecule has 1 aromatic carbocycles. The number of amides is 1. The van der Waals surface area contributed by atoms with E-state index in [4.69, 9.17) is 5.73 Å². The van der Waals surface area contributed by atoms with Gasteiger partial charge in [-0.25, -0.2) is 0 Å². The fourth-order valence-electron chi connectivity index (χ4n) is 4.88. The van der Waals surface area contributed by atoms with E-state index < -0.39 is 57.9 Å². The Morgan fingerprint density at radius 2 is 1.89 bits per heavy atom. The Balaban J connectivity index is 1.96. The smallest absolute Gasteiger partial charge is 0.255 e. The van der Waals surface area contributed by atoms with Crippen LogP contribution in [0.2, 0.25) is 0 Å². The van der Waals surface area contributed by atoms with Crippen LogP contribution >= 0.6 is 0 Å². The molecule has 1 fully saturated rings. The van der Waals surface area contributed by atoms with E-state index in [-0.39, 0.29) is 23.3 Å². The molecule has 8 heteroatoms. The molecule has 4 atom stereocenters. The third-order valence-corrected chi connectivity index (χ3v) is 6.27. The Kier molecular flexibility index (Phi) is 3.70. The lowest BCUT2D eigenvalue weighted by molar-refractivity contribution is -0.152. The Morgan fingerprint density at radius 1 is 1.21 bits per heavy atom. The number of hydrogen-bond acceptors (Lipinski definition) is 7. The Morgan fingerprint density at radius 3 is 2.54 bits per heavy atom. The average Bonchev–Trinajstić information content (AvgIpc) is 2.62. The van der Waals surface area contributed by atoms with E-state index in [1.165, 1.54) is 13.0 Å². The second kappa shape index (κ2) is 5.68. The zero-order chi connectivity index (χ0) is 20.5. The first-order valence-electron chi connectivity index (χ1n) is 8.89. The standard InChI is InChI=1S/C20H19NO7/c1-7-10-6-9-5-8-3-2-4-11(22)12(8)16(24)13(9)17(25)20(10,28)18(26)14(15(7)23)19(21)27/h2-4,7,9-10,22,24,26,28H,5-6H2,1H3,(H2,21,27). The van der Waals surface area contributed by atoms with Crippen LogP contribution in [0.15, 0.2) is 35.1 Å². The molecule has 28 heavy (non-hydrogen) atoms. The third-order valence-electron chi connectivity index (χ3n) is 6.27. The van der Waals surface area contributed by atoms with Crippen molar-refractivity contribution in [3.63, 3.8) is 0 Å². The highest BCUT2D eigenvalue weighted by Crippen LogP contribution is 2.53.